The average molecular weight is 315 g/mol. The van der Waals surface area contributed by atoms with Crippen molar-refractivity contribution in [3.05, 3.63) is 21.4 Å². The Morgan fingerprint density at radius 3 is 2.19 bits per heavy atom. The predicted octanol–water partition coefficient (Wildman–Crippen LogP) is 4.87. The Balaban J connectivity index is 2.18. The van der Waals surface area contributed by atoms with Crippen LogP contribution in [0.3, 0.4) is 0 Å². The summed E-state index contributed by atoms with van der Waals surface area (Å²) in [6.07, 6.45) is -0.448. The number of carbonyl (C=O) groups excluding carboxylic acids is 1. The summed E-state index contributed by atoms with van der Waals surface area (Å²) in [7, 11) is 0. The van der Waals surface area contributed by atoms with E-state index in [1.54, 1.807) is 4.90 Å². The van der Waals surface area contributed by atoms with Gasteiger partial charge in [0.1, 0.15) is 0 Å². The van der Waals surface area contributed by atoms with Gasteiger partial charge < -0.3 is 4.90 Å². The van der Waals surface area contributed by atoms with Gasteiger partial charge in [-0.25, -0.2) is 8.78 Å². The molecule has 1 saturated heterocycles. The third kappa shape index (κ3) is 3.62. The highest BCUT2D eigenvalue weighted by Crippen LogP contribution is 2.35. The van der Waals surface area contributed by atoms with Gasteiger partial charge in [-0.15, -0.1) is 11.3 Å². The number of amides is 1. The molecule has 2 heterocycles. The summed E-state index contributed by atoms with van der Waals surface area (Å²) in [5, 5.41) is 0. The summed E-state index contributed by atoms with van der Waals surface area (Å²) in [6.45, 7) is 8.77. The molecule has 0 unspecified atom stereocenters. The van der Waals surface area contributed by atoms with Gasteiger partial charge in [-0.1, -0.05) is 27.7 Å². The predicted molar refractivity (Wildman–Crippen MR) is 82.6 cm³/mol. The Morgan fingerprint density at radius 1 is 1.19 bits per heavy atom. The van der Waals surface area contributed by atoms with Crippen LogP contribution in [0.2, 0.25) is 0 Å². The van der Waals surface area contributed by atoms with E-state index in [1.165, 1.54) is 21.8 Å². The molecule has 0 aromatic carbocycles. The maximum Gasteiger partial charge on any atom is 0.263 e. The van der Waals surface area contributed by atoms with E-state index in [1.807, 2.05) is 6.07 Å². The first kappa shape index (κ1) is 16.4. The quantitative estimate of drug-likeness (QED) is 0.779. The summed E-state index contributed by atoms with van der Waals surface area (Å²) in [6, 6.07) is 1.96. The number of hydrogen-bond acceptors (Lipinski definition) is 2. The number of thiophene rings is 1. The molecule has 1 amide bonds. The lowest BCUT2D eigenvalue weighted by molar-refractivity contribution is -0.0493. The van der Waals surface area contributed by atoms with Crippen molar-refractivity contribution in [1.29, 1.82) is 0 Å². The number of piperidine rings is 1. The van der Waals surface area contributed by atoms with Gasteiger partial charge in [-0.05, 0) is 23.5 Å². The zero-order chi connectivity index (χ0) is 15.8. The molecule has 1 fully saturated rings. The molecular formula is C16H23F2NOS. The first-order valence-electron chi connectivity index (χ1n) is 7.52. The van der Waals surface area contributed by atoms with Crippen molar-refractivity contribution in [2.45, 2.75) is 58.3 Å². The lowest BCUT2D eigenvalue weighted by atomic mass is 9.98. The minimum absolute atomic E-state index is 0.0932. The van der Waals surface area contributed by atoms with E-state index >= 15 is 0 Å². The Labute approximate surface area is 129 Å². The summed E-state index contributed by atoms with van der Waals surface area (Å²) in [5.41, 5.74) is 1.21. The zero-order valence-corrected chi connectivity index (χ0v) is 13.9. The second kappa shape index (κ2) is 6.03. The van der Waals surface area contributed by atoms with E-state index in [0.717, 1.165) is 0 Å². The van der Waals surface area contributed by atoms with Crippen LogP contribution in [0.25, 0.3) is 0 Å². The van der Waals surface area contributed by atoms with Gasteiger partial charge in [0.05, 0.1) is 4.88 Å². The van der Waals surface area contributed by atoms with Gasteiger partial charge in [0.25, 0.3) is 11.8 Å². The molecule has 2 rings (SSSR count). The van der Waals surface area contributed by atoms with E-state index in [2.05, 4.69) is 27.7 Å². The fraction of sp³-hybridized carbons (Fsp3) is 0.688. The standard InChI is InChI=1S/C16H23F2NOS/c1-10(2)12-9-13(21-14(12)11(3)4)15(20)19-7-5-16(17,18)6-8-19/h9-11H,5-8H2,1-4H3. The molecule has 1 aromatic heterocycles. The van der Waals surface area contributed by atoms with Crippen molar-refractivity contribution >= 4 is 17.2 Å². The number of hydrogen-bond donors (Lipinski definition) is 0. The molecule has 21 heavy (non-hydrogen) atoms. The number of rotatable bonds is 3. The van der Waals surface area contributed by atoms with Crippen LogP contribution in [0, 0.1) is 0 Å². The van der Waals surface area contributed by atoms with Crippen molar-refractivity contribution in [2.75, 3.05) is 13.1 Å². The maximum absolute atomic E-state index is 13.2. The molecule has 5 heteroatoms. The third-order valence-corrected chi connectivity index (χ3v) is 5.37. The second-order valence-corrected chi connectivity index (χ2v) is 7.47. The molecular weight excluding hydrogens is 292 g/mol. The molecule has 0 bridgehead atoms. The summed E-state index contributed by atoms with van der Waals surface area (Å²) < 4.78 is 26.4. The maximum atomic E-state index is 13.2. The summed E-state index contributed by atoms with van der Waals surface area (Å²) >= 11 is 1.52. The molecule has 0 spiro atoms. The fourth-order valence-corrected chi connectivity index (χ4v) is 3.91. The molecule has 1 aromatic rings. The van der Waals surface area contributed by atoms with Gasteiger partial charge in [0.15, 0.2) is 0 Å². The average Bonchev–Trinajstić information content (AvgIpc) is 2.83. The normalized spacial score (nSPS) is 18.6. The molecule has 1 aliphatic heterocycles. The highest BCUT2D eigenvalue weighted by Gasteiger charge is 2.36. The highest BCUT2D eigenvalue weighted by atomic mass is 32.1. The number of alkyl halides is 2. The minimum atomic E-state index is -2.61. The smallest absolute Gasteiger partial charge is 0.263 e. The minimum Gasteiger partial charge on any atom is -0.338 e. The molecule has 0 N–H and O–H groups in total. The molecule has 2 nitrogen and oxygen atoms in total. The molecule has 0 radical (unpaired) electrons. The Bertz CT molecular complexity index is 487. The largest absolute Gasteiger partial charge is 0.338 e. The topological polar surface area (TPSA) is 20.3 Å². The molecule has 0 atom stereocenters. The van der Waals surface area contributed by atoms with Gasteiger partial charge in [0.2, 0.25) is 0 Å². The second-order valence-electron chi connectivity index (χ2n) is 6.39. The summed E-state index contributed by atoms with van der Waals surface area (Å²) in [4.78, 5) is 16.0. The van der Waals surface area contributed by atoms with Crippen LogP contribution >= 0.6 is 11.3 Å². The Morgan fingerprint density at radius 2 is 1.76 bits per heavy atom. The monoisotopic (exact) mass is 315 g/mol. The van der Waals surface area contributed by atoms with Gasteiger partial charge in [-0.2, -0.15) is 0 Å². The van der Waals surface area contributed by atoms with E-state index in [0.29, 0.717) is 16.7 Å². The van der Waals surface area contributed by atoms with Crippen molar-refractivity contribution in [3.8, 4) is 0 Å². The van der Waals surface area contributed by atoms with Gasteiger partial charge >= 0.3 is 0 Å². The molecule has 1 aliphatic rings. The Hall–Kier alpha value is -0.970. The van der Waals surface area contributed by atoms with Gasteiger partial charge in [0, 0.05) is 30.8 Å². The highest BCUT2D eigenvalue weighted by molar-refractivity contribution is 7.14. The van der Waals surface area contributed by atoms with Gasteiger partial charge in [-0.3, -0.25) is 4.79 Å². The number of carbonyl (C=O) groups is 1. The van der Waals surface area contributed by atoms with Crippen LogP contribution in [-0.2, 0) is 0 Å². The van der Waals surface area contributed by atoms with Crippen LogP contribution in [0.15, 0.2) is 6.07 Å². The van der Waals surface area contributed by atoms with Crippen LogP contribution in [0.4, 0.5) is 8.78 Å². The summed E-state index contributed by atoms with van der Waals surface area (Å²) in [5.74, 6) is -1.96. The first-order chi connectivity index (χ1) is 9.71. The van der Waals surface area contributed by atoms with Crippen molar-refractivity contribution < 1.29 is 13.6 Å². The Kier molecular flexibility index (Phi) is 4.71. The number of likely N-dealkylation sites (tertiary alicyclic amines) is 1. The SMILES string of the molecule is CC(C)c1cc(C(=O)N2CCC(F)(F)CC2)sc1C(C)C. The van der Waals surface area contributed by atoms with Crippen LogP contribution < -0.4 is 0 Å². The lowest BCUT2D eigenvalue weighted by Crippen LogP contribution is -2.42. The number of nitrogens with zero attached hydrogens (tertiary/aromatic N) is 1. The lowest BCUT2D eigenvalue weighted by Gasteiger charge is -2.31. The third-order valence-electron chi connectivity index (χ3n) is 3.93. The fourth-order valence-electron chi connectivity index (χ4n) is 2.62. The molecule has 0 saturated carbocycles. The van der Waals surface area contributed by atoms with E-state index < -0.39 is 5.92 Å². The first-order valence-corrected chi connectivity index (χ1v) is 8.33. The van der Waals surface area contributed by atoms with E-state index in [9.17, 15) is 13.6 Å². The van der Waals surface area contributed by atoms with Crippen LogP contribution in [0.1, 0.15) is 72.5 Å². The molecule has 118 valence electrons. The zero-order valence-electron chi connectivity index (χ0n) is 13.1. The van der Waals surface area contributed by atoms with Crippen molar-refractivity contribution in [3.63, 3.8) is 0 Å². The van der Waals surface area contributed by atoms with E-state index in [4.69, 9.17) is 0 Å². The van der Waals surface area contributed by atoms with Crippen molar-refractivity contribution in [1.82, 2.24) is 4.90 Å². The van der Waals surface area contributed by atoms with Crippen molar-refractivity contribution in [2.24, 2.45) is 0 Å². The van der Waals surface area contributed by atoms with E-state index in [-0.39, 0.29) is 31.8 Å². The molecule has 0 aliphatic carbocycles. The van der Waals surface area contributed by atoms with Crippen LogP contribution in [-0.4, -0.2) is 29.8 Å². The van der Waals surface area contributed by atoms with Crippen LogP contribution in [0.5, 0.6) is 0 Å². The number of halogens is 2.